The average molecular weight is 261 g/mol. The van der Waals surface area contributed by atoms with E-state index in [2.05, 4.69) is 24.9 Å². The molecule has 0 spiro atoms. The molecular formula is C12H27NO3Si. The lowest BCUT2D eigenvalue weighted by atomic mass is 10.3. The number of aliphatic carboxylic acids is 1. The second kappa shape index (κ2) is 8.66. The zero-order chi connectivity index (χ0) is 13.3. The molecule has 0 saturated heterocycles. The topological polar surface area (TPSA) is 49.8 Å². The van der Waals surface area contributed by atoms with Gasteiger partial charge in [-0.2, -0.15) is 0 Å². The minimum atomic E-state index is -1.47. The van der Waals surface area contributed by atoms with Gasteiger partial charge in [-0.05, 0) is 45.6 Å². The lowest BCUT2D eigenvalue weighted by molar-refractivity contribution is -0.137. The number of hydrogen-bond acceptors (Lipinski definition) is 3. The van der Waals surface area contributed by atoms with Crippen LogP contribution >= 0.6 is 0 Å². The molecule has 0 fully saturated rings. The van der Waals surface area contributed by atoms with Crippen molar-refractivity contribution in [3.05, 3.63) is 0 Å². The maximum absolute atomic E-state index is 10.5. The molecule has 0 unspecified atom stereocenters. The van der Waals surface area contributed by atoms with Crippen LogP contribution in [0.2, 0.25) is 19.1 Å². The van der Waals surface area contributed by atoms with Gasteiger partial charge in [0.2, 0.25) is 0 Å². The monoisotopic (exact) mass is 261 g/mol. The smallest absolute Gasteiger partial charge is 0.304 e. The summed E-state index contributed by atoms with van der Waals surface area (Å²) >= 11 is 0. The SMILES string of the molecule is CCO[Si](C)(C)CCCN(CC)CCC(=O)O. The van der Waals surface area contributed by atoms with Gasteiger partial charge >= 0.3 is 5.97 Å². The van der Waals surface area contributed by atoms with E-state index in [-0.39, 0.29) is 6.42 Å². The van der Waals surface area contributed by atoms with Gasteiger partial charge in [-0.25, -0.2) is 0 Å². The van der Waals surface area contributed by atoms with Gasteiger partial charge in [0.25, 0.3) is 0 Å². The lowest BCUT2D eigenvalue weighted by Crippen LogP contribution is -2.33. The first-order chi connectivity index (χ1) is 7.91. The van der Waals surface area contributed by atoms with Crippen LogP contribution in [0.1, 0.15) is 26.7 Å². The van der Waals surface area contributed by atoms with Gasteiger partial charge in [0, 0.05) is 13.2 Å². The summed E-state index contributed by atoms with van der Waals surface area (Å²) in [4.78, 5) is 12.7. The van der Waals surface area contributed by atoms with E-state index >= 15 is 0 Å². The Bertz CT molecular complexity index is 222. The van der Waals surface area contributed by atoms with Crippen LogP contribution < -0.4 is 0 Å². The number of carbonyl (C=O) groups is 1. The number of carboxylic acid groups (broad SMARTS) is 1. The second-order valence-corrected chi connectivity index (χ2v) is 9.18. The zero-order valence-electron chi connectivity index (χ0n) is 11.7. The van der Waals surface area contributed by atoms with Crippen LogP contribution in [-0.4, -0.2) is 50.5 Å². The summed E-state index contributed by atoms with van der Waals surface area (Å²) in [6, 6.07) is 1.14. The highest BCUT2D eigenvalue weighted by Crippen LogP contribution is 2.14. The van der Waals surface area contributed by atoms with E-state index in [0.717, 1.165) is 32.2 Å². The summed E-state index contributed by atoms with van der Waals surface area (Å²) in [5, 5.41) is 8.64. The van der Waals surface area contributed by atoms with Crippen molar-refractivity contribution in [1.29, 1.82) is 0 Å². The van der Waals surface area contributed by atoms with Crippen LogP contribution in [0.25, 0.3) is 0 Å². The van der Waals surface area contributed by atoms with E-state index in [1.807, 2.05) is 6.92 Å². The van der Waals surface area contributed by atoms with E-state index in [4.69, 9.17) is 9.53 Å². The Morgan fingerprint density at radius 2 is 1.94 bits per heavy atom. The highest BCUT2D eigenvalue weighted by atomic mass is 28.4. The van der Waals surface area contributed by atoms with Gasteiger partial charge in [-0.1, -0.05) is 6.92 Å². The molecule has 102 valence electrons. The molecule has 0 aromatic heterocycles. The van der Waals surface area contributed by atoms with Crippen LogP contribution in [0.3, 0.4) is 0 Å². The molecule has 4 nitrogen and oxygen atoms in total. The summed E-state index contributed by atoms with van der Waals surface area (Å²) in [7, 11) is -1.47. The minimum absolute atomic E-state index is 0.236. The fraction of sp³-hybridized carbons (Fsp3) is 0.917. The molecule has 0 aliphatic heterocycles. The van der Waals surface area contributed by atoms with Crippen molar-refractivity contribution in [2.75, 3.05) is 26.2 Å². The van der Waals surface area contributed by atoms with E-state index < -0.39 is 14.3 Å². The van der Waals surface area contributed by atoms with Crippen molar-refractivity contribution in [1.82, 2.24) is 4.90 Å². The van der Waals surface area contributed by atoms with Crippen LogP contribution in [0.5, 0.6) is 0 Å². The fourth-order valence-corrected chi connectivity index (χ4v) is 3.81. The average Bonchev–Trinajstić information content (AvgIpc) is 2.22. The van der Waals surface area contributed by atoms with E-state index in [9.17, 15) is 4.79 Å². The predicted molar refractivity (Wildman–Crippen MR) is 72.9 cm³/mol. The van der Waals surface area contributed by atoms with Gasteiger partial charge in [0.1, 0.15) is 0 Å². The molecule has 0 rings (SSSR count). The molecule has 5 heteroatoms. The van der Waals surface area contributed by atoms with Crippen LogP contribution in [-0.2, 0) is 9.22 Å². The fourth-order valence-electron chi connectivity index (χ4n) is 1.87. The first kappa shape index (κ1) is 16.6. The summed E-state index contributed by atoms with van der Waals surface area (Å²) in [6.45, 7) is 12.0. The van der Waals surface area contributed by atoms with Crippen molar-refractivity contribution >= 4 is 14.3 Å². The highest BCUT2D eigenvalue weighted by molar-refractivity contribution is 6.71. The zero-order valence-corrected chi connectivity index (χ0v) is 12.7. The van der Waals surface area contributed by atoms with Crippen molar-refractivity contribution in [2.45, 2.75) is 45.8 Å². The summed E-state index contributed by atoms with van der Waals surface area (Å²) < 4.78 is 5.77. The molecular weight excluding hydrogens is 234 g/mol. The largest absolute Gasteiger partial charge is 0.481 e. The van der Waals surface area contributed by atoms with Crippen molar-refractivity contribution < 1.29 is 14.3 Å². The van der Waals surface area contributed by atoms with Gasteiger partial charge in [-0.3, -0.25) is 4.79 Å². The lowest BCUT2D eigenvalue weighted by Gasteiger charge is -2.24. The van der Waals surface area contributed by atoms with Crippen molar-refractivity contribution in [3.8, 4) is 0 Å². The molecule has 0 saturated carbocycles. The Morgan fingerprint density at radius 3 is 2.41 bits per heavy atom. The molecule has 0 aliphatic rings. The molecule has 0 bridgehead atoms. The molecule has 0 amide bonds. The van der Waals surface area contributed by atoms with Gasteiger partial charge in [-0.15, -0.1) is 0 Å². The van der Waals surface area contributed by atoms with Gasteiger partial charge in [0.05, 0.1) is 6.42 Å². The molecule has 0 radical (unpaired) electrons. The van der Waals surface area contributed by atoms with Crippen LogP contribution in [0, 0.1) is 0 Å². The quantitative estimate of drug-likeness (QED) is 0.614. The van der Waals surface area contributed by atoms with Crippen LogP contribution in [0.15, 0.2) is 0 Å². The second-order valence-electron chi connectivity index (χ2n) is 4.87. The number of rotatable bonds is 10. The molecule has 17 heavy (non-hydrogen) atoms. The summed E-state index contributed by atoms with van der Waals surface area (Å²) in [6.07, 6.45) is 1.34. The standard InChI is InChI=1S/C12H27NO3Si/c1-5-13(10-8-12(14)15)9-7-11-17(3,4)16-6-2/h5-11H2,1-4H3,(H,14,15). The molecule has 0 aromatic rings. The predicted octanol–water partition coefficient (Wildman–Crippen LogP) is 2.41. The number of carboxylic acids is 1. The van der Waals surface area contributed by atoms with Crippen LogP contribution in [0.4, 0.5) is 0 Å². The number of hydrogen-bond donors (Lipinski definition) is 1. The molecule has 0 aromatic carbocycles. The minimum Gasteiger partial charge on any atom is -0.481 e. The van der Waals surface area contributed by atoms with Gasteiger partial charge in [0.15, 0.2) is 8.32 Å². The molecule has 0 aliphatic carbocycles. The Hall–Kier alpha value is -0.393. The van der Waals surface area contributed by atoms with Crippen molar-refractivity contribution in [3.63, 3.8) is 0 Å². The summed E-state index contributed by atoms with van der Waals surface area (Å²) in [5.74, 6) is -0.715. The van der Waals surface area contributed by atoms with Gasteiger partial charge < -0.3 is 14.4 Å². The third-order valence-electron chi connectivity index (χ3n) is 2.88. The third kappa shape index (κ3) is 9.32. The normalized spacial score (nSPS) is 12.1. The highest BCUT2D eigenvalue weighted by Gasteiger charge is 2.21. The Kier molecular flexibility index (Phi) is 8.46. The number of nitrogens with zero attached hydrogens (tertiary/aromatic N) is 1. The Labute approximate surface area is 106 Å². The molecule has 0 heterocycles. The van der Waals surface area contributed by atoms with E-state index in [0.29, 0.717) is 6.54 Å². The first-order valence-corrected chi connectivity index (χ1v) is 9.61. The third-order valence-corrected chi connectivity index (χ3v) is 5.51. The maximum atomic E-state index is 10.5. The molecule has 0 atom stereocenters. The summed E-state index contributed by atoms with van der Waals surface area (Å²) in [5.41, 5.74) is 0. The molecule has 1 N–H and O–H groups in total. The Balaban J connectivity index is 3.79. The van der Waals surface area contributed by atoms with E-state index in [1.54, 1.807) is 0 Å². The maximum Gasteiger partial charge on any atom is 0.304 e. The van der Waals surface area contributed by atoms with Crippen molar-refractivity contribution in [2.24, 2.45) is 0 Å². The Morgan fingerprint density at radius 1 is 1.29 bits per heavy atom. The first-order valence-electron chi connectivity index (χ1n) is 6.49. The van der Waals surface area contributed by atoms with E-state index in [1.165, 1.54) is 0 Å².